The number of hydrogen-bond donors (Lipinski definition) is 1. The van der Waals surface area contributed by atoms with Gasteiger partial charge in [-0.15, -0.1) is 0 Å². The third-order valence-electron chi connectivity index (χ3n) is 3.10. The number of morpholine rings is 1. The Labute approximate surface area is 100.0 Å². The minimum Gasteiger partial charge on any atom is -0.399 e. The van der Waals surface area contributed by atoms with Crippen molar-refractivity contribution in [1.82, 2.24) is 4.98 Å². The van der Waals surface area contributed by atoms with Gasteiger partial charge in [0.2, 0.25) is 0 Å². The van der Waals surface area contributed by atoms with Crippen LogP contribution in [0.5, 0.6) is 0 Å². The molecule has 0 spiro atoms. The standard InChI is InChI=1S/C13H15N3O/c14-10-1-2-11-12(9-10)15-4-3-13(11)16-5-7-17-8-6-16/h1-4,9H,5-8,14H2. The third-order valence-corrected chi connectivity index (χ3v) is 3.10. The lowest BCUT2D eigenvalue weighted by Crippen LogP contribution is -2.36. The fourth-order valence-corrected chi connectivity index (χ4v) is 2.23. The number of hydrogen-bond acceptors (Lipinski definition) is 4. The Hall–Kier alpha value is -1.81. The molecule has 0 aliphatic carbocycles. The molecule has 4 heteroatoms. The normalized spacial score (nSPS) is 16.4. The number of rotatable bonds is 1. The molecule has 1 fully saturated rings. The number of nitrogen functional groups attached to an aromatic ring is 1. The van der Waals surface area contributed by atoms with Gasteiger partial charge in [0.05, 0.1) is 18.7 Å². The van der Waals surface area contributed by atoms with Crippen molar-refractivity contribution >= 4 is 22.3 Å². The van der Waals surface area contributed by atoms with Crippen molar-refractivity contribution in [3.05, 3.63) is 30.5 Å². The number of aromatic nitrogens is 1. The summed E-state index contributed by atoms with van der Waals surface area (Å²) in [5.41, 5.74) is 8.71. The Bertz CT molecular complexity index is 535. The monoisotopic (exact) mass is 229 g/mol. The Balaban J connectivity index is 2.09. The quantitative estimate of drug-likeness (QED) is 0.755. The first kappa shape index (κ1) is 10.4. The summed E-state index contributed by atoms with van der Waals surface area (Å²) in [6, 6.07) is 7.94. The second-order valence-corrected chi connectivity index (χ2v) is 4.21. The van der Waals surface area contributed by atoms with E-state index in [-0.39, 0.29) is 0 Å². The fourth-order valence-electron chi connectivity index (χ4n) is 2.23. The Morgan fingerprint density at radius 2 is 2.00 bits per heavy atom. The highest BCUT2D eigenvalue weighted by molar-refractivity contribution is 5.93. The molecule has 0 bridgehead atoms. The van der Waals surface area contributed by atoms with Crippen LogP contribution < -0.4 is 10.6 Å². The molecule has 88 valence electrons. The van der Waals surface area contributed by atoms with Gasteiger partial charge in [-0.1, -0.05) is 0 Å². The molecule has 1 aliphatic heterocycles. The van der Waals surface area contributed by atoms with Gasteiger partial charge in [-0.2, -0.15) is 0 Å². The summed E-state index contributed by atoms with van der Waals surface area (Å²) in [4.78, 5) is 6.70. The van der Waals surface area contributed by atoms with Crippen LogP contribution in [0.3, 0.4) is 0 Å². The van der Waals surface area contributed by atoms with Crippen molar-refractivity contribution in [2.45, 2.75) is 0 Å². The molecule has 2 N–H and O–H groups in total. The van der Waals surface area contributed by atoms with Crippen LogP contribution in [-0.2, 0) is 4.74 Å². The van der Waals surface area contributed by atoms with Crippen LogP contribution in [0, 0.1) is 0 Å². The Kier molecular flexibility index (Phi) is 2.57. The zero-order valence-electron chi connectivity index (χ0n) is 9.60. The summed E-state index contributed by atoms with van der Waals surface area (Å²) in [5.74, 6) is 0. The van der Waals surface area contributed by atoms with Crippen LogP contribution in [0.2, 0.25) is 0 Å². The maximum absolute atomic E-state index is 5.78. The number of nitrogens with two attached hydrogens (primary N) is 1. The highest BCUT2D eigenvalue weighted by Gasteiger charge is 2.13. The van der Waals surface area contributed by atoms with Crippen molar-refractivity contribution in [2.24, 2.45) is 0 Å². The van der Waals surface area contributed by atoms with Gasteiger partial charge in [-0.05, 0) is 24.3 Å². The number of fused-ring (bicyclic) bond motifs is 1. The molecule has 2 aromatic rings. The van der Waals surface area contributed by atoms with Gasteiger partial charge in [0.1, 0.15) is 0 Å². The number of anilines is 2. The molecule has 1 saturated heterocycles. The largest absolute Gasteiger partial charge is 0.399 e. The van der Waals surface area contributed by atoms with E-state index in [9.17, 15) is 0 Å². The lowest BCUT2D eigenvalue weighted by Gasteiger charge is -2.29. The van der Waals surface area contributed by atoms with Crippen molar-refractivity contribution in [3.8, 4) is 0 Å². The zero-order valence-corrected chi connectivity index (χ0v) is 9.60. The SMILES string of the molecule is Nc1ccc2c(N3CCOCC3)ccnc2c1. The summed E-state index contributed by atoms with van der Waals surface area (Å²) in [7, 11) is 0. The van der Waals surface area contributed by atoms with Gasteiger partial charge in [-0.25, -0.2) is 0 Å². The fraction of sp³-hybridized carbons (Fsp3) is 0.308. The predicted molar refractivity (Wildman–Crippen MR) is 69.2 cm³/mol. The van der Waals surface area contributed by atoms with Crippen LogP contribution in [0.25, 0.3) is 10.9 Å². The lowest BCUT2D eigenvalue weighted by atomic mass is 10.1. The van der Waals surface area contributed by atoms with E-state index in [4.69, 9.17) is 10.5 Å². The maximum atomic E-state index is 5.78. The minimum atomic E-state index is 0.754. The van der Waals surface area contributed by atoms with Gasteiger partial charge >= 0.3 is 0 Å². The summed E-state index contributed by atoms with van der Waals surface area (Å²) < 4.78 is 5.38. The number of benzene rings is 1. The van der Waals surface area contributed by atoms with Crippen LogP contribution in [0.1, 0.15) is 0 Å². The van der Waals surface area contributed by atoms with Crippen molar-refractivity contribution in [3.63, 3.8) is 0 Å². The van der Waals surface area contributed by atoms with Gasteiger partial charge in [0.25, 0.3) is 0 Å². The molecule has 1 aromatic carbocycles. The Morgan fingerprint density at radius 3 is 2.82 bits per heavy atom. The first-order valence-electron chi connectivity index (χ1n) is 5.81. The van der Waals surface area contributed by atoms with E-state index in [1.54, 1.807) is 0 Å². The molecule has 4 nitrogen and oxygen atoms in total. The molecule has 0 radical (unpaired) electrons. The molecule has 3 rings (SSSR count). The molecule has 17 heavy (non-hydrogen) atoms. The highest BCUT2D eigenvalue weighted by Crippen LogP contribution is 2.27. The molecular formula is C13H15N3O. The van der Waals surface area contributed by atoms with E-state index in [0.717, 1.165) is 42.9 Å². The number of ether oxygens (including phenoxy) is 1. The van der Waals surface area contributed by atoms with Gasteiger partial charge < -0.3 is 15.4 Å². The first-order chi connectivity index (χ1) is 8.34. The van der Waals surface area contributed by atoms with Gasteiger partial charge in [-0.3, -0.25) is 4.98 Å². The van der Waals surface area contributed by atoms with Gasteiger partial charge in [0.15, 0.2) is 0 Å². The van der Waals surface area contributed by atoms with Crippen molar-refractivity contribution < 1.29 is 4.74 Å². The summed E-state index contributed by atoms with van der Waals surface area (Å²) in [6.45, 7) is 3.45. The molecular weight excluding hydrogens is 214 g/mol. The summed E-state index contributed by atoms with van der Waals surface area (Å²) in [5, 5.41) is 1.16. The predicted octanol–water partition coefficient (Wildman–Crippen LogP) is 1.65. The van der Waals surface area contributed by atoms with E-state index in [2.05, 4.69) is 16.0 Å². The lowest BCUT2D eigenvalue weighted by molar-refractivity contribution is 0.123. The van der Waals surface area contributed by atoms with E-state index in [1.807, 2.05) is 24.4 Å². The average Bonchev–Trinajstić information content (AvgIpc) is 2.39. The minimum absolute atomic E-state index is 0.754. The van der Waals surface area contributed by atoms with E-state index >= 15 is 0 Å². The molecule has 1 aliphatic rings. The number of nitrogens with zero attached hydrogens (tertiary/aromatic N) is 2. The van der Waals surface area contributed by atoms with Crippen LogP contribution in [0.4, 0.5) is 11.4 Å². The second kappa shape index (κ2) is 4.22. The summed E-state index contributed by atoms with van der Waals surface area (Å²) >= 11 is 0. The van der Waals surface area contributed by atoms with Crippen molar-refractivity contribution in [2.75, 3.05) is 36.9 Å². The zero-order chi connectivity index (χ0) is 11.7. The van der Waals surface area contributed by atoms with Crippen LogP contribution in [0.15, 0.2) is 30.5 Å². The summed E-state index contributed by atoms with van der Waals surface area (Å²) in [6.07, 6.45) is 1.84. The molecule has 1 aromatic heterocycles. The number of pyridine rings is 1. The second-order valence-electron chi connectivity index (χ2n) is 4.21. The topological polar surface area (TPSA) is 51.4 Å². The molecule has 0 amide bonds. The third kappa shape index (κ3) is 1.91. The molecule has 2 heterocycles. The Morgan fingerprint density at radius 1 is 1.18 bits per heavy atom. The van der Waals surface area contributed by atoms with Crippen LogP contribution >= 0.6 is 0 Å². The maximum Gasteiger partial charge on any atom is 0.0743 e. The van der Waals surface area contributed by atoms with Crippen LogP contribution in [-0.4, -0.2) is 31.3 Å². The van der Waals surface area contributed by atoms with Gasteiger partial charge in [0, 0.05) is 36.0 Å². The molecule has 0 unspecified atom stereocenters. The molecule has 0 atom stereocenters. The van der Waals surface area contributed by atoms with E-state index < -0.39 is 0 Å². The van der Waals surface area contributed by atoms with E-state index in [1.165, 1.54) is 5.69 Å². The highest BCUT2D eigenvalue weighted by atomic mass is 16.5. The first-order valence-corrected chi connectivity index (χ1v) is 5.81. The molecule has 0 saturated carbocycles. The average molecular weight is 229 g/mol. The van der Waals surface area contributed by atoms with E-state index in [0.29, 0.717) is 0 Å². The van der Waals surface area contributed by atoms with Crippen molar-refractivity contribution in [1.29, 1.82) is 0 Å². The smallest absolute Gasteiger partial charge is 0.0743 e.